The molecule has 2 aromatic carbocycles. The van der Waals surface area contributed by atoms with Gasteiger partial charge >= 0.3 is 0 Å². The molecular weight excluding hydrogens is 334 g/mol. The van der Waals surface area contributed by atoms with Crippen LogP contribution < -0.4 is 17.1 Å². The monoisotopic (exact) mass is 363 g/mol. The first-order chi connectivity index (χ1) is 11.5. The summed E-state index contributed by atoms with van der Waals surface area (Å²) in [4.78, 5) is 0. The molecule has 1 N–H and O–H groups in total. The van der Waals surface area contributed by atoms with Crippen LogP contribution in [0.4, 0.5) is 0 Å². The lowest BCUT2D eigenvalue weighted by Gasteiger charge is -2.39. The Morgan fingerprint density at radius 3 is 2.20 bits per heavy atom. The van der Waals surface area contributed by atoms with Gasteiger partial charge in [0.2, 0.25) is 0 Å². The first-order valence-corrected chi connectivity index (χ1v) is 8.76. The van der Waals surface area contributed by atoms with Crippen LogP contribution in [0.1, 0.15) is 20.8 Å². The highest BCUT2D eigenvalue weighted by molar-refractivity contribution is 5.70. The second-order valence-electron chi connectivity index (χ2n) is 6.90. The van der Waals surface area contributed by atoms with Crippen LogP contribution in [-0.2, 0) is 0 Å². The number of ether oxygens (including phenoxy) is 1. The van der Waals surface area contributed by atoms with Gasteiger partial charge in [0.15, 0.2) is 0 Å². The number of nitrogens with zero attached hydrogens (tertiary/aromatic N) is 1. The normalized spacial score (nSPS) is 14.5. The van der Waals surface area contributed by atoms with Gasteiger partial charge < -0.3 is 26.7 Å². The Labute approximate surface area is 158 Å². The van der Waals surface area contributed by atoms with Crippen molar-refractivity contribution in [1.29, 1.82) is 0 Å². The van der Waals surface area contributed by atoms with Gasteiger partial charge in [0, 0.05) is 5.56 Å². The zero-order valence-electron chi connectivity index (χ0n) is 15.7. The predicted molar refractivity (Wildman–Crippen MR) is 100 cm³/mol. The molecule has 0 spiro atoms. The maximum Gasteiger partial charge on any atom is 0.137 e. The zero-order chi connectivity index (χ0) is 17.6. The largest absolute Gasteiger partial charge is 1.00 e. The molecule has 0 aliphatic heterocycles. The van der Waals surface area contributed by atoms with E-state index < -0.39 is 6.10 Å². The number of aliphatic hydroxyl groups is 1. The highest BCUT2D eigenvalue weighted by atomic mass is 35.5. The van der Waals surface area contributed by atoms with E-state index in [-0.39, 0.29) is 12.4 Å². The first kappa shape index (κ1) is 21.5. The first-order valence-electron chi connectivity index (χ1n) is 8.76. The third-order valence-corrected chi connectivity index (χ3v) is 5.00. The summed E-state index contributed by atoms with van der Waals surface area (Å²) in [6.07, 6.45) is -0.485. The lowest BCUT2D eigenvalue weighted by atomic mass is 10.1. The zero-order valence-corrected chi connectivity index (χ0v) is 16.4. The molecule has 0 aromatic heterocycles. The Morgan fingerprint density at radius 2 is 1.60 bits per heavy atom. The number of para-hydroxylation sites is 1. The number of halogens is 1. The van der Waals surface area contributed by atoms with Crippen LogP contribution in [0.15, 0.2) is 54.6 Å². The predicted octanol–water partition coefficient (Wildman–Crippen LogP) is 0.972. The van der Waals surface area contributed by atoms with Crippen molar-refractivity contribution in [2.24, 2.45) is 0 Å². The quantitative estimate of drug-likeness (QED) is 0.708. The molecule has 0 aliphatic carbocycles. The van der Waals surface area contributed by atoms with E-state index in [1.54, 1.807) is 0 Å². The van der Waals surface area contributed by atoms with E-state index >= 15 is 0 Å². The summed E-state index contributed by atoms with van der Waals surface area (Å²) in [6, 6.07) is 18.7. The van der Waals surface area contributed by atoms with Crippen molar-refractivity contribution < 1.29 is 26.7 Å². The molecule has 25 heavy (non-hydrogen) atoms. The van der Waals surface area contributed by atoms with E-state index in [0.29, 0.717) is 19.2 Å². The summed E-state index contributed by atoms with van der Waals surface area (Å²) in [5, 5.41) is 10.4. The van der Waals surface area contributed by atoms with Gasteiger partial charge in [-0.25, -0.2) is 0 Å². The fourth-order valence-corrected chi connectivity index (χ4v) is 2.87. The fourth-order valence-electron chi connectivity index (χ4n) is 2.87. The minimum atomic E-state index is -0.485. The van der Waals surface area contributed by atoms with Crippen molar-refractivity contribution >= 4 is 0 Å². The molecule has 0 radical (unpaired) electrons. The molecule has 0 bridgehead atoms. The van der Waals surface area contributed by atoms with Crippen molar-refractivity contribution in [1.82, 2.24) is 0 Å². The van der Waals surface area contributed by atoms with Crippen LogP contribution in [0.25, 0.3) is 11.1 Å². The molecule has 2 aromatic rings. The lowest BCUT2D eigenvalue weighted by Crippen LogP contribution is -3.00. The minimum Gasteiger partial charge on any atom is -1.00 e. The molecule has 0 fully saturated rings. The summed E-state index contributed by atoms with van der Waals surface area (Å²) < 4.78 is 6.80. The molecule has 2 unspecified atom stereocenters. The average molecular weight is 364 g/mol. The number of hydrogen-bond acceptors (Lipinski definition) is 2. The van der Waals surface area contributed by atoms with E-state index in [0.717, 1.165) is 27.9 Å². The van der Waals surface area contributed by atoms with E-state index in [9.17, 15) is 5.11 Å². The van der Waals surface area contributed by atoms with Crippen molar-refractivity contribution in [2.75, 3.05) is 26.7 Å². The Balaban J connectivity index is 0.00000312. The van der Waals surface area contributed by atoms with Crippen molar-refractivity contribution in [3.8, 4) is 16.9 Å². The standard InChI is InChI=1S/C21H30NO2.ClH/c1-5-22(4,17(2)3)15-19(23)16-24-21-14-10-9-13-20(21)18-11-7-6-8-12-18;/h6-14,17,19,23H,5,15-16H2,1-4H3;1H/q+1;/p-1. The van der Waals surface area contributed by atoms with Gasteiger partial charge in [-0.2, -0.15) is 0 Å². The molecule has 4 heteroatoms. The Morgan fingerprint density at radius 1 is 1.00 bits per heavy atom. The maximum absolute atomic E-state index is 10.4. The van der Waals surface area contributed by atoms with Gasteiger partial charge in [-0.15, -0.1) is 0 Å². The maximum atomic E-state index is 10.4. The van der Waals surface area contributed by atoms with Gasteiger partial charge in [-0.3, -0.25) is 0 Å². The van der Waals surface area contributed by atoms with Crippen LogP contribution in [0.3, 0.4) is 0 Å². The Bertz CT molecular complexity index is 633. The fraction of sp³-hybridized carbons (Fsp3) is 0.429. The van der Waals surface area contributed by atoms with Crippen molar-refractivity contribution in [3.05, 3.63) is 54.6 Å². The SMILES string of the molecule is CC[N+](C)(CC(O)COc1ccccc1-c1ccccc1)C(C)C.[Cl-]. The third-order valence-electron chi connectivity index (χ3n) is 5.00. The van der Waals surface area contributed by atoms with Crippen LogP contribution in [0, 0.1) is 0 Å². The minimum absolute atomic E-state index is 0. The van der Waals surface area contributed by atoms with Gasteiger partial charge in [0.05, 0.1) is 19.6 Å². The second kappa shape index (κ2) is 9.81. The summed E-state index contributed by atoms with van der Waals surface area (Å²) in [5.74, 6) is 0.818. The smallest absolute Gasteiger partial charge is 0.137 e. The third kappa shape index (κ3) is 5.74. The summed E-state index contributed by atoms with van der Waals surface area (Å²) in [7, 11) is 2.19. The molecule has 0 aliphatic rings. The molecule has 2 rings (SSSR count). The Kier molecular flexibility index (Phi) is 8.43. The number of quaternary nitrogens is 1. The van der Waals surface area contributed by atoms with Gasteiger partial charge in [0.25, 0.3) is 0 Å². The molecule has 0 saturated carbocycles. The van der Waals surface area contributed by atoms with E-state index in [4.69, 9.17) is 4.74 Å². The van der Waals surface area contributed by atoms with E-state index in [1.807, 2.05) is 36.4 Å². The summed E-state index contributed by atoms with van der Waals surface area (Å²) in [5.41, 5.74) is 2.18. The van der Waals surface area contributed by atoms with Crippen LogP contribution in [0.2, 0.25) is 0 Å². The van der Waals surface area contributed by atoms with Crippen molar-refractivity contribution in [2.45, 2.75) is 32.9 Å². The van der Waals surface area contributed by atoms with E-state index in [2.05, 4.69) is 46.0 Å². The lowest BCUT2D eigenvalue weighted by molar-refractivity contribution is -0.930. The molecule has 0 amide bonds. The van der Waals surface area contributed by atoms with Crippen molar-refractivity contribution in [3.63, 3.8) is 0 Å². The number of likely N-dealkylation sites (N-methyl/N-ethyl adjacent to an activating group) is 1. The summed E-state index contributed by atoms with van der Waals surface area (Å²) >= 11 is 0. The number of aliphatic hydroxyl groups excluding tert-OH is 1. The number of hydrogen-bond donors (Lipinski definition) is 1. The Hall–Kier alpha value is -1.55. The molecule has 3 nitrogen and oxygen atoms in total. The summed E-state index contributed by atoms with van der Waals surface area (Å²) in [6.45, 7) is 8.56. The van der Waals surface area contributed by atoms with Gasteiger partial charge in [-0.05, 0) is 32.4 Å². The highest BCUT2D eigenvalue weighted by Gasteiger charge is 2.27. The number of benzene rings is 2. The molecule has 0 saturated heterocycles. The van der Waals surface area contributed by atoms with E-state index in [1.165, 1.54) is 0 Å². The highest BCUT2D eigenvalue weighted by Crippen LogP contribution is 2.29. The average Bonchev–Trinajstić information content (AvgIpc) is 2.60. The molecule has 2 atom stereocenters. The number of rotatable bonds is 8. The topological polar surface area (TPSA) is 29.5 Å². The van der Waals surface area contributed by atoms with Crippen LogP contribution in [-0.4, -0.2) is 48.5 Å². The molecule has 138 valence electrons. The van der Waals surface area contributed by atoms with Gasteiger partial charge in [0.1, 0.15) is 25.0 Å². The molecular formula is C21H30ClNO2. The van der Waals surface area contributed by atoms with Gasteiger partial charge in [-0.1, -0.05) is 48.5 Å². The van der Waals surface area contributed by atoms with Crippen LogP contribution in [0.5, 0.6) is 5.75 Å². The van der Waals surface area contributed by atoms with Crippen LogP contribution >= 0.6 is 0 Å². The molecule has 0 heterocycles. The second-order valence-corrected chi connectivity index (χ2v) is 6.90.